The van der Waals surface area contributed by atoms with E-state index in [4.69, 9.17) is 0 Å². The summed E-state index contributed by atoms with van der Waals surface area (Å²) in [6, 6.07) is 8.87. The summed E-state index contributed by atoms with van der Waals surface area (Å²) in [4.78, 5) is 2.48. The van der Waals surface area contributed by atoms with Crippen LogP contribution in [-0.2, 0) is 7.05 Å². The molecule has 0 spiro atoms. The zero-order valence-electron chi connectivity index (χ0n) is 14.0. The lowest BCUT2D eigenvalue weighted by atomic mass is 9.96. The minimum absolute atomic E-state index is 0.160. The standard InChI is InChI=1S/C20H23N3/c1-14-8-9-17-19(12-14)23(18-7-5-4-6-15(18)2)20(21-17)16-10-11-22(3)13-16/h4-5,7-13,15,20-21H,6H2,1-3H3. The third-order valence-electron chi connectivity index (χ3n) is 4.81. The molecule has 3 nitrogen and oxygen atoms in total. The molecule has 1 aromatic heterocycles. The Morgan fingerprint density at radius 3 is 2.83 bits per heavy atom. The van der Waals surface area contributed by atoms with Gasteiger partial charge >= 0.3 is 0 Å². The normalized spacial score (nSPS) is 22.7. The zero-order valence-corrected chi connectivity index (χ0v) is 14.0. The lowest BCUT2D eigenvalue weighted by molar-refractivity contribution is 0.622. The van der Waals surface area contributed by atoms with E-state index in [9.17, 15) is 0 Å². The molecule has 0 saturated heterocycles. The van der Waals surface area contributed by atoms with Crippen LogP contribution in [0.5, 0.6) is 0 Å². The molecule has 0 bridgehead atoms. The van der Waals surface area contributed by atoms with Crippen molar-refractivity contribution in [3.05, 3.63) is 71.7 Å². The molecule has 1 aromatic carbocycles. The number of aromatic nitrogens is 1. The monoisotopic (exact) mass is 305 g/mol. The van der Waals surface area contributed by atoms with Crippen LogP contribution in [0, 0.1) is 12.8 Å². The molecule has 2 aromatic rings. The number of rotatable bonds is 2. The van der Waals surface area contributed by atoms with E-state index >= 15 is 0 Å². The molecule has 1 aliphatic carbocycles. The first-order valence-electron chi connectivity index (χ1n) is 8.28. The van der Waals surface area contributed by atoms with Crippen molar-refractivity contribution in [1.29, 1.82) is 0 Å². The van der Waals surface area contributed by atoms with Crippen molar-refractivity contribution in [1.82, 2.24) is 4.57 Å². The Kier molecular flexibility index (Phi) is 3.29. The Hall–Kier alpha value is -2.42. The van der Waals surface area contributed by atoms with Crippen LogP contribution in [0.3, 0.4) is 0 Å². The Morgan fingerprint density at radius 2 is 2.09 bits per heavy atom. The van der Waals surface area contributed by atoms with E-state index < -0.39 is 0 Å². The molecule has 0 amide bonds. The molecule has 0 saturated carbocycles. The number of nitrogens with zero attached hydrogens (tertiary/aromatic N) is 2. The Bertz CT molecular complexity index is 797. The van der Waals surface area contributed by atoms with Crippen molar-refractivity contribution in [2.75, 3.05) is 10.2 Å². The predicted molar refractivity (Wildman–Crippen MR) is 96.4 cm³/mol. The molecule has 2 unspecified atom stereocenters. The van der Waals surface area contributed by atoms with Gasteiger partial charge in [-0.15, -0.1) is 0 Å². The van der Waals surface area contributed by atoms with Gasteiger partial charge in [-0.25, -0.2) is 0 Å². The first-order valence-corrected chi connectivity index (χ1v) is 8.28. The second kappa shape index (κ2) is 5.34. The Morgan fingerprint density at radius 1 is 1.22 bits per heavy atom. The summed E-state index contributed by atoms with van der Waals surface area (Å²) in [5.41, 5.74) is 6.48. The van der Waals surface area contributed by atoms with Gasteiger partial charge in [-0.2, -0.15) is 0 Å². The van der Waals surface area contributed by atoms with Crippen molar-refractivity contribution in [2.45, 2.75) is 26.4 Å². The predicted octanol–water partition coefficient (Wildman–Crippen LogP) is 4.74. The van der Waals surface area contributed by atoms with Gasteiger partial charge in [-0.3, -0.25) is 0 Å². The second-order valence-electron chi connectivity index (χ2n) is 6.70. The van der Waals surface area contributed by atoms with Crippen LogP contribution in [0.25, 0.3) is 0 Å². The van der Waals surface area contributed by atoms with Crippen molar-refractivity contribution in [3.8, 4) is 0 Å². The first-order chi connectivity index (χ1) is 11.1. The summed E-state index contributed by atoms with van der Waals surface area (Å²) in [6.07, 6.45) is 12.3. The highest BCUT2D eigenvalue weighted by atomic mass is 15.3. The summed E-state index contributed by atoms with van der Waals surface area (Å²) in [6.45, 7) is 4.47. The highest BCUT2D eigenvalue weighted by Gasteiger charge is 2.34. The fourth-order valence-corrected chi connectivity index (χ4v) is 3.57. The van der Waals surface area contributed by atoms with Gasteiger partial charge in [0.2, 0.25) is 0 Å². The van der Waals surface area contributed by atoms with Gasteiger partial charge in [0.1, 0.15) is 6.17 Å². The smallest absolute Gasteiger partial charge is 0.131 e. The summed E-state index contributed by atoms with van der Waals surface area (Å²) >= 11 is 0. The lowest BCUT2D eigenvalue weighted by Crippen LogP contribution is -2.30. The van der Waals surface area contributed by atoms with Crippen molar-refractivity contribution in [3.63, 3.8) is 0 Å². The average molecular weight is 305 g/mol. The number of benzene rings is 1. The van der Waals surface area contributed by atoms with Crippen LogP contribution in [-0.4, -0.2) is 4.57 Å². The van der Waals surface area contributed by atoms with Gasteiger partial charge in [0.25, 0.3) is 0 Å². The van der Waals surface area contributed by atoms with Crippen LogP contribution >= 0.6 is 0 Å². The molecule has 1 N–H and O–H groups in total. The topological polar surface area (TPSA) is 20.2 Å². The van der Waals surface area contributed by atoms with E-state index in [1.54, 1.807) is 0 Å². The third kappa shape index (κ3) is 2.37. The van der Waals surface area contributed by atoms with E-state index in [1.807, 2.05) is 0 Å². The largest absolute Gasteiger partial charge is 0.359 e. The maximum atomic E-state index is 3.71. The average Bonchev–Trinajstić information content (AvgIpc) is 3.11. The third-order valence-corrected chi connectivity index (χ3v) is 4.81. The number of hydrogen-bond acceptors (Lipinski definition) is 2. The van der Waals surface area contributed by atoms with E-state index in [0.29, 0.717) is 5.92 Å². The van der Waals surface area contributed by atoms with E-state index in [0.717, 1.165) is 6.42 Å². The minimum atomic E-state index is 0.160. The lowest BCUT2D eigenvalue weighted by Gasteiger charge is -2.33. The van der Waals surface area contributed by atoms with Crippen molar-refractivity contribution in [2.24, 2.45) is 13.0 Å². The summed E-state index contributed by atoms with van der Waals surface area (Å²) < 4.78 is 2.11. The summed E-state index contributed by atoms with van der Waals surface area (Å²) in [5, 5.41) is 3.71. The van der Waals surface area contributed by atoms with Gasteiger partial charge < -0.3 is 14.8 Å². The maximum Gasteiger partial charge on any atom is 0.131 e. The fraction of sp³-hybridized carbons (Fsp3) is 0.300. The number of anilines is 2. The van der Waals surface area contributed by atoms with Crippen molar-refractivity contribution >= 4 is 11.4 Å². The molecular weight excluding hydrogens is 282 g/mol. The number of allylic oxidation sites excluding steroid dienone is 4. The van der Waals surface area contributed by atoms with Gasteiger partial charge in [0.15, 0.2) is 0 Å². The fourth-order valence-electron chi connectivity index (χ4n) is 3.57. The van der Waals surface area contributed by atoms with Gasteiger partial charge in [0, 0.05) is 30.7 Å². The molecular formula is C20H23N3. The zero-order chi connectivity index (χ0) is 16.0. The molecule has 2 aliphatic rings. The first kappa shape index (κ1) is 14.2. The van der Waals surface area contributed by atoms with Gasteiger partial charge in [-0.05, 0) is 49.1 Å². The molecule has 3 heteroatoms. The minimum Gasteiger partial charge on any atom is -0.359 e. The molecule has 0 fully saturated rings. The number of fused-ring (bicyclic) bond motifs is 1. The number of aryl methyl sites for hydroxylation is 2. The Labute approximate surface area is 137 Å². The Balaban J connectivity index is 1.84. The highest BCUT2D eigenvalue weighted by Crippen LogP contribution is 2.46. The van der Waals surface area contributed by atoms with E-state index in [-0.39, 0.29) is 6.17 Å². The van der Waals surface area contributed by atoms with Crippen LogP contribution < -0.4 is 10.2 Å². The molecule has 2 heterocycles. The van der Waals surface area contributed by atoms with E-state index in [1.165, 1.54) is 28.2 Å². The van der Waals surface area contributed by atoms with Crippen LogP contribution in [0.2, 0.25) is 0 Å². The summed E-state index contributed by atoms with van der Waals surface area (Å²) in [7, 11) is 2.07. The number of nitrogens with one attached hydrogen (secondary N) is 1. The van der Waals surface area contributed by atoms with Crippen LogP contribution in [0.4, 0.5) is 11.4 Å². The molecule has 2 atom stereocenters. The molecule has 1 aliphatic heterocycles. The summed E-state index contributed by atoms with van der Waals surface area (Å²) in [5.74, 6) is 0.527. The van der Waals surface area contributed by atoms with Gasteiger partial charge in [0.05, 0.1) is 11.4 Å². The SMILES string of the molecule is Cc1ccc2c(c1)N(C1=CC=CCC1C)C(c1ccn(C)c1)N2. The molecule has 118 valence electrons. The molecule has 0 radical (unpaired) electrons. The van der Waals surface area contributed by atoms with Gasteiger partial charge in [-0.1, -0.05) is 25.1 Å². The number of hydrogen-bond donors (Lipinski definition) is 1. The van der Waals surface area contributed by atoms with Crippen LogP contribution in [0.1, 0.15) is 30.6 Å². The maximum absolute atomic E-state index is 3.71. The van der Waals surface area contributed by atoms with Crippen molar-refractivity contribution < 1.29 is 0 Å². The highest BCUT2D eigenvalue weighted by molar-refractivity contribution is 5.80. The van der Waals surface area contributed by atoms with E-state index in [2.05, 4.69) is 90.6 Å². The molecule has 4 rings (SSSR count). The van der Waals surface area contributed by atoms with Crippen LogP contribution in [0.15, 0.2) is 60.6 Å². The quantitative estimate of drug-likeness (QED) is 0.864. The molecule has 23 heavy (non-hydrogen) atoms. The second-order valence-corrected chi connectivity index (χ2v) is 6.70.